The largest absolute Gasteiger partial charge is 0.493 e. The van der Waals surface area contributed by atoms with E-state index in [-0.39, 0.29) is 5.91 Å². The molecule has 0 aliphatic carbocycles. The lowest BCUT2D eigenvalue weighted by atomic mass is 10.1. The molecule has 5 nitrogen and oxygen atoms in total. The first-order valence-corrected chi connectivity index (χ1v) is 11.8. The zero-order valence-electron chi connectivity index (χ0n) is 16.7. The van der Waals surface area contributed by atoms with Crippen LogP contribution < -0.4 is 14.4 Å². The lowest BCUT2D eigenvalue weighted by Crippen LogP contribution is -2.27. The summed E-state index contributed by atoms with van der Waals surface area (Å²) in [5.74, 6) is 0.943. The fraction of sp³-hybridized carbons (Fsp3) is 0.0870. The molecule has 0 unspecified atom stereocenters. The first kappa shape index (κ1) is 22.8. The van der Waals surface area contributed by atoms with Crippen LogP contribution in [-0.2, 0) is 11.4 Å². The van der Waals surface area contributed by atoms with Crippen molar-refractivity contribution in [3.63, 3.8) is 0 Å². The van der Waals surface area contributed by atoms with Gasteiger partial charge < -0.3 is 9.47 Å². The molecule has 3 aromatic rings. The van der Waals surface area contributed by atoms with Crippen LogP contribution in [0, 0.1) is 0 Å². The first-order valence-electron chi connectivity index (χ1n) is 9.39. The maximum absolute atomic E-state index is 13.0. The van der Waals surface area contributed by atoms with Crippen molar-refractivity contribution in [3.05, 3.63) is 86.5 Å². The van der Waals surface area contributed by atoms with E-state index in [2.05, 4.69) is 20.9 Å². The standard InChI is InChI=1S/C23H16BrClN2O3S2/c1-29-19-11-15(10-18(24)21(19)30-13-14-6-8-26-9-7-14)12-20-22(28)27(23(31)32-20)17-4-2-16(25)3-5-17/h2-12H,13H2,1H3/b20-12+. The van der Waals surface area contributed by atoms with E-state index in [1.807, 2.05) is 24.3 Å². The Balaban J connectivity index is 1.58. The summed E-state index contributed by atoms with van der Waals surface area (Å²) in [7, 11) is 1.57. The molecule has 1 aromatic heterocycles. The van der Waals surface area contributed by atoms with Crippen LogP contribution in [-0.4, -0.2) is 22.3 Å². The third-order valence-electron chi connectivity index (χ3n) is 4.56. The van der Waals surface area contributed by atoms with Crippen molar-refractivity contribution >= 4 is 73.5 Å². The van der Waals surface area contributed by atoms with E-state index in [1.165, 1.54) is 16.7 Å². The fourth-order valence-electron chi connectivity index (χ4n) is 3.03. The number of thiocarbonyl (C=S) groups is 1. The Bertz CT molecular complexity index is 1200. The van der Waals surface area contributed by atoms with Gasteiger partial charge in [-0.3, -0.25) is 14.7 Å². The molecule has 0 spiro atoms. The second-order valence-electron chi connectivity index (χ2n) is 6.67. The smallest absolute Gasteiger partial charge is 0.270 e. The van der Waals surface area contributed by atoms with Gasteiger partial charge in [0.1, 0.15) is 6.61 Å². The van der Waals surface area contributed by atoms with Crippen molar-refractivity contribution in [2.45, 2.75) is 6.61 Å². The molecule has 2 aromatic carbocycles. The number of halogens is 2. The summed E-state index contributed by atoms with van der Waals surface area (Å²) < 4.78 is 12.7. The molecule has 0 N–H and O–H groups in total. The first-order chi connectivity index (χ1) is 15.5. The van der Waals surface area contributed by atoms with Gasteiger partial charge in [-0.15, -0.1) is 0 Å². The van der Waals surface area contributed by atoms with Crippen molar-refractivity contribution in [2.24, 2.45) is 0 Å². The molecule has 0 atom stereocenters. The summed E-state index contributed by atoms with van der Waals surface area (Å²) in [6, 6.07) is 14.5. The molecule has 32 heavy (non-hydrogen) atoms. The molecule has 1 aliphatic heterocycles. The summed E-state index contributed by atoms with van der Waals surface area (Å²) in [6.07, 6.45) is 5.22. The lowest BCUT2D eigenvalue weighted by Gasteiger charge is -2.14. The molecule has 2 heterocycles. The van der Waals surface area contributed by atoms with E-state index in [4.69, 9.17) is 33.3 Å². The number of methoxy groups -OCH3 is 1. The number of rotatable bonds is 6. The van der Waals surface area contributed by atoms with Crippen molar-refractivity contribution in [3.8, 4) is 11.5 Å². The van der Waals surface area contributed by atoms with Crippen molar-refractivity contribution in [2.75, 3.05) is 12.0 Å². The van der Waals surface area contributed by atoms with E-state index in [1.54, 1.807) is 49.8 Å². The summed E-state index contributed by atoms with van der Waals surface area (Å²) in [6.45, 7) is 0.372. The number of benzene rings is 2. The number of ether oxygens (including phenoxy) is 2. The molecule has 9 heteroatoms. The van der Waals surface area contributed by atoms with Crippen molar-refractivity contribution < 1.29 is 14.3 Å². The lowest BCUT2D eigenvalue weighted by molar-refractivity contribution is -0.113. The molecular formula is C23H16BrClN2O3S2. The second kappa shape index (κ2) is 10.0. The number of carbonyl (C=O) groups excluding carboxylic acids is 1. The number of hydrogen-bond donors (Lipinski definition) is 0. The van der Waals surface area contributed by atoms with Gasteiger partial charge in [0.05, 0.1) is 22.2 Å². The molecule has 1 saturated heterocycles. The van der Waals surface area contributed by atoms with Crippen LogP contribution in [0.2, 0.25) is 5.02 Å². The van der Waals surface area contributed by atoms with Gasteiger partial charge in [0.15, 0.2) is 15.8 Å². The van der Waals surface area contributed by atoms with E-state index >= 15 is 0 Å². The monoisotopic (exact) mass is 546 g/mol. The molecule has 0 bridgehead atoms. The van der Waals surface area contributed by atoms with E-state index in [0.717, 1.165) is 11.1 Å². The molecule has 0 radical (unpaired) electrons. The zero-order valence-corrected chi connectivity index (χ0v) is 20.7. The maximum Gasteiger partial charge on any atom is 0.270 e. The van der Waals surface area contributed by atoms with Gasteiger partial charge in [-0.05, 0) is 81.7 Å². The number of hydrogen-bond acceptors (Lipinski definition) is 6. The number of pyridine rings is 1. The summed E-state index contributed by atoms with van der Waals surface area (Å²) >= 11 is 16.2. The predicted molar refractivity (Wildman–Crippen MR) is 136 cm³/mol. The predicted octanol–water partition coefficient (Wildman–Crippen LogP) is 6.49. The molecule has 4 rings (SSSR count). The van der Waals surface area contributed by atoms with E-state index in [9.17, 15) is 4.79 Å². The topological polar surface area (TPSA) is 51.7 Å². The van der Waals surface area contributed by atoms with Crippen LogP contribution in [0.15, 0.2) is 70.3 Å². The Morgan fingerprint density at radius 3 is 2.59 bits per heavy atom. The second-order valence-corrected chi connectivity index (χ2v) is 9.64. The van der Waals surface area contributed by atoms with Crippen LogP contribution >= 0.6 is 51.5 Å². The van der Waals surface area contributed by atoms with Crippen LogP contribution in [0.5, 0.6) is 11.5 Å². The highest BCUT2D eigenvalue weighted by atomic mass is 79.9. The quantitative estimate of drug-likeness (QED) is 0.260. The number of aromatic nitrogens is 1. The van der Waals surface area contributed by atoms with Crippen molar-refractivity contribution in [1.82, 2.24) is 4.98 Å². The van der Waals surface area contributed by atoms with Gasteiger partial charge in [0, 0.05) is 17.4 Å². The molecule has 1 fully saturated rings. The highest BCUT2D eigenvalue weighted by Crippen LogP contribution is 2.40. The Morgan fingerprint density at radius 1 is 1.19 bits per heavy atom. The molecule has 1 amide bonds. The minimum Gasteiger partial charge on any atom is -0.493 e. The molecule has 162 valence electrons. The van der Waals surface area contributed by atoms with Crippen molar-refractivity contribution in [1.29, 1.82) is 0 Å². The van der Waals surface area contributed by atoms with Gasteiger partial charge in [-0.2, -0.15) is 0 Å². The van der Waals surface area contributed by atoms with Crippen LogP contribution in [0.3, 0.4) is 0 Å². The highest BCUT2D eigenvalue weighted by molar-refractivity contribution is 9.10. The highest BCUT2D eigenvalue weighted by Gasteiger charge is 2.33. The average Bonchev–Trinajstić information content (AvgIpc) is 3.06. The SMILES string of the molecule is COc1cc(/C=C2/SC(=S)N(c3ccc(Cl)cc3)C2=O)cc(Br)c1OCc1ccncc1. The third-order valence-corrected chi connectivity index (χ3v) is 6.70. The Labute approximate surface area is 208 Å². The van der Waals surface area contributed by atoms with Crippen LogP contribution in [0.4, 0.5) is 5.69 Å². The molecule has 1 aliphatic rings. The van der Waals surface area contributed by atoms with Crippen LogP contribution in [0.1, 0.15) is 11.1 Å². The minimum absolute atomic E-state index is 0.185. The normalized spacial score (nSPS) is 14.8. The number of anilines is 1. The Kier molecular flexibility index (Phi) is 7.15. The summed E-state index contributed by atoms with van der Waals surface area (Å²) in [5, 5.41) is 0.595. The van der Waals surface area contributed by atoms with Gasteiger partial charge >= 0.3 is 0 Å². The zero-order chi connectivity index (χ0) is 22.7. The van der Waals surface area contributed by atoms with E-state index in [0.29, 0.717) is 42.5 Å². The number of amides is 1. The number of nitrogens with zero attached hydrogens (tertiary/aromatic N) is 2. The average molecular weight is 548 g/mol. The summed E-state index contributed by atoms with van der Waals surface area (Å²) in [5.41, 5.74) is 2.45. The molecule has 0 saturated carbocycles. The van der Waals surface area contributed by atoms with Gasteiger partial charge in [-0.25, -0.2) is 0 Å². The Hall–Kier alpha value is -2.39. The third kappa shape index (κ3) is 4.99. The summed E-state index contributed by atoms with van der Waals surface area (Å²) in [4.78, 5) is 19.0. The van der Waals surface area contributed by atoms with Gasteiger partial charge in [0.25, 0.3) is 5.91 Å². The van der Waals surface area contributed by atoms with Gasteiger partial charge in [-0.1, -0.05) is 35.6 Å². The maximum atomic E-state index is 13.0. The van der Waals surface area contributed by atoms with E-state index < -0.39 is 0 Å². The number of thioether (sulfide) groups is 1. The van der Waals surface area contributed by atoms with Gasteiger partial charge in [0.2, 0.25) is 0 Å². The number of carbonyl (C=O) groups is 1. The van der Waals surface area contributed by atoms with Crippen LogP contribution in [0.25, 0.3) is 6.08 Å². The minimum atomic E-state index is -0.185. The fourth-order valence-corrected chi connectivity index (χ4v) is 5.03. The molecular weight excluding hydrogens is 532 g/mol. The Morgan fingerprint density at radius 2 is 1.91 bits per heavy atom.